The number of aryl methyl sites for hydroxylation is 1. The number of aromatic nitrogens is 4. The lowest BCUT2D eigenvalue weighted by atomic mass is 10.1. The molecule has 0 atom stereocenters. The number of benzene rings is 2. The molecule has 10 heteroatoms. The van der Waals surface area contributed by atoms with Gasteiger partial charge in [-0.15, -0.1) is 0 Å². The number of ether oxygens (including phenoxy) is 4. The number of anilines is 4. The fourth-order valence-corrected chi connectivity index (χ4v) is 3.48. The summed E-state index contributed by atoms with van der Waals surface area (Å²) in [5.41, 5.74) is 3.30. The van der Waals surface area contributed by atoms with Crippen molar-refractivity contribution in [2.24, 2.45) is 0 Å². The molecule has 2 N–H and O–H groups in total. The lowest BCUT2D eigenvalue weighted by Crippen LogP contribution is -2.04. The van der Waals surface area contributed by atoms with Gasteiger partial charge in [-0.1, -0.05) is 0 Å². The van der Waals surface area contributed by atoms with Gasteiger partial charge in [0.25, 0.3) is 0 Å². The van der Waals surface area contributed by atoms with Crippen LogP contribution in [0.25, 0.3) is 11.4 Å². The summed E-state index contributed by atoms with van der Waals surface area (Å²) in [5.74, 6) is 3.72. The van der Waals surface area contributed by atoms with E-state index in [1.165, 1.54) is 6.33 Å². The van der Waals surface area contributed by atoms with E-state index in [0.717, 1.165) is 22.6 Å². The standard InChI is InChI=1S/C25H26N6O4/c1-15-11-17(32-2)8-9-19(15)30-23-18(7-6-10-26-23)24-27-14-28-25(31-24)29-16-12-20(33-3)22(35-5)21(13-16)34-4/h6-14H,1-5H3,(H,26,30)(H,27,28,29,31). The SMILES string of the molecule is COc1ccc(Nc2ncccc2-c2ncnc(Nc3cc(OC)c(OC)c(OC)c3)n2)c(C)c1. The van der Waals surface area contributed by atoms with Gasteiger partial charge in [0.05, 0.1) is 34.0 Å². The molecule has 2 heterocycles. The number of methoxy groups -OCH3 is 4. The lowest BCUT2D eigenvalue weighted by Gasteiger charge is -2.15. The van der Waals surface area contributed by atoms with Gasteiger partial charge in [0, 0.05) is 29.7 Å². The predicted molar refractivity (Wildman–Crippen MR) is 133 cm³/mol. The fraction of sp³-hybridized carbons (Fsp3) is 0.200. The third kappa shape index (κ3) is 5.16. The minimum Gasteiger partial charge on any atom is -0.497 e. The van der Waals surface area contributed by atoms with E-state index in [-0.39, 0.29) is 0 Å². The van der Waals surface area contributed by atoms with E-state index in [1.54, 1.807) is 46.8 Å². The lowest BCUT2D eigenvalue weighted by molar-refractivity contribution is 0.324. The van der Waals surface area contributed by atoms with Crippen LogP contribution in [-0.4, -0.2) is 48.4 Å². The Labute approximate surface area is 203 Å². The number of hydrogen-bond acceptors (Lipinski definition) is 10. The van der Waals surface area contributed by atoms with Gasteiger partial charge in [0.2, 0.25) is 11.7 Å². The van der Waals surface area contributed by atoms with E-state index in [0.29, 0.717) is 40.5 Å². The van der Waals surface area contributed by atoms with Crippen molar-refractivity contribution in [2.45, 2.75) is 6.92 Å². The van der Waals surface area contributed by atoms with Crippen LogP contribution in [0.15, 0.2) is 55.0 Å². The van der Waals surface area contributed by atoms with E-state index < -0.39 is 0 Å². The maximum atomic E-state index is 5.42. The molecule has 10 nitrogen and oxygen atoms in total. The number of rotatable bonds is 9. The number of nitrogens with zero attached hydrogens (tertiary/aromatic N) is 4. The molecule has 0 spiro atoms. The van der Waals surface area contributed by atoms with Crippen LogP contribution in [0.4, 0.5) is 23.1 Å². The Morgan fingerprint density at radius 1 is 0.771 bits per heavy atom. The minimum atomic E-state index is 0.347. The summed E-state index contributed by atoms with van der Waals surface area (Å²) in [6.07, 6.45) is 3.15. The molecule has 0 aliphatic rings. The zero-order valence-electron chi connectivity index (χ0n) is 20.1. The summed E-state index contributed by atoms with van der Waals surface area (Å²) in [6, 6.07) is 13.1. The third-order valence-corrected chi connectivity index (χ3v) is 5.23. The molecule has 2 aromatic carbocycles. The molecule has 0 amide bonds. The Morgan fingerprint density at radius 2 is 1.54 bits per heavy atom. The molecule has 0 unspecified atom stereocenters. The molecular weight excluding hydrogens is 448 g/mol. The van der Waals surface area contributed by atoms with Gasteiger partial charge in [-0.05, 0) is 42.8 Å². The summed E-state index contributed by atoms with van der Waals surface area (Å²) >= 11 is 0. The average Bonchev–Trinajstić information content (AvgIpc) is 2.89. The van der Waals surface area contributed by atoms with Crippen LogP contribution in [0.1, 0.15) is 5.56 Å². The van der Waals surface area contributed by atoms with Crippen LogP contribution in [0.3, 0.4) is 0 Å². The molecule has 0 aliphatic carbocycles. The fourth-order valence-electron chi connectivity index (χ4n) is 3.48. The Bertz CT molecular complexity index is 1310. The number of pyridine rings is 1. The van der Waals surface area contributed by atoms with Crippen molar-refractivity contribution in [3.05, 3.63) is 60.6 Å². The Kier molecular flexibility index (Phi) is 7.10. The second-order valence-corrected chi connectivity index (χ2v) is 7.38. The Balaban J connectivity index is 1.64. The van der Waals surface area contributed by atoms with Crippen molar-refractivity contribution in [1.29, 1.82) is 0 Å². The largest absolute Gasteiger partial charge is 0.497 e. The highest BCUT2D eigenvalue weighted by molar-refractivity contribution is 5.76. The Morgan fingerprint density at radius 3 is 2.20 bits per heavy atom. The quantitative estimate of drug-likeness (QED) is 0.352. The van der Waals surface area contributed by atoms with Gasteiger partial charge >= 0.3 is 0 Å². The molecule has 4 aromatic rings. The van der Waals surface area contributed by atoms with E-state index in [2.05, 4.69) is 30.6 Å². The van der Waals surface area contributed by atoms with Crippen molar-refractivity contribution in [3.63, 3.8) is 0 Å². The maximum Gasteiger partial charge on any atom is 0.230 e. The molecule has 0 fully saturated rings. The van der Waals surface area contributed by atoms with E-state index in [4.69, 9.17) is 18.9 Å². The van der Waals surface area contributed by atoms with E-state index in [9.17, 15) is 0 Å². The molecule has 180 valence electrons. The summed E-state index contributed by atoms with van der Waals surface area (Å²) in [7, 11) is 6.31. The second kappa shape index (κ2) is 10.6. The smallest absolute Gasteiger partial charge is 0.230 e. The average molecular weight is 475 g/mol. The summed E-state index contributed by atoms with van der Waals surface area (Å²) in [4.78, 5) is 17.7. The molecule has 0 aliphatic heterocycles. The summed E-state index contributed by atoms with van der Waals surface area (Å²) in [5, 5.41) is 6.54. The van der Waals surface area contributed by atoms with Crippen molar-refractivity contribution in [1.82, 2.24) is 19.9 Å². The summed E-state index contributed by atoms with van der Waals surface area (Å²) < 4.78 is 21.5. The first-order valence-electron chi connectivity index (χ1n) is 10.7. The van der Waals surface area contributed by atoms with Gasteiger partial charge in [0.1, 0.15) is 17.9 Å². The van der Waals surface area contributed by atoms with Crippen LogP contribution in [0, 0.1) is 6.92 Å². The van der Waals surface area contributed by atoms with Crippen LogP contribution in [0.5, 0.6) is 23.0 Å². The maximum absolute atomic E-state index is 5.42. The predicted octanol–water partition coefficient (Wildman–Crippen LogP) is 4.76. The first kappa shape index (κ1) is 23.6. The molecule has 2 aromatic heterocycles. The highest BCUT2D eigenvalue weighted by atomic mass is 16.5. The highest BCUT2D eigenvalue weighted by Crippen LogP contribution is 2.40. The monoisotopic (exact) mass is 474 g/mol. The summed E-state index contributed by atoms with van der Waals surface area (Å²) in [6.45, 7) is 2.00. The molecule has 0 radical (unpaired) electrons. The molecule has 0 bridgehead atoms. The molecule has 0 saturated carbocycles. The van der Waals surface area contributed by atoms with Crippen LogP contribution < -0.4 is 29.6 Å². The first-order chi connectivity index (χ1) is 17.1. The van der Waals surface area contributed by atoms with Gasteiger partial charge in [-0.3, -0.25) is 0 Å². The second-order valence-electron chi connectivity index (χ2n) is 7.38. The topological polar surface area (TPSA) is 113 Å². The van der Waals surface area contributed by atoms with E-state index in [1.807, 2.05) is 37.3 Å². The number of hydrogen-bond donors (Lipinski definition) is 2. The van der Waals surface area contributed by atoms with Crippen molar-refractivity contribution < 1.29 is 18.9 Å². The van der Waals surface area contributed by atoms with Gasteiger partial charge in [-0.25, -0.2) is 15.0 Å². The first-order valence-corrected chi connectivity index (χ1v) is 10.7. The van der Waals surface area contributed by atoms with Crippen LogP contribution >= 0.6 is 0 Å². The molecular formula is C25H26N6O4. The van der Waals surface area contributed by atoms with Crippen molar-refractivity contribution >= 4 is 23.1 Å². The highest BCUT2D eigenvalue weighted by Gasteiger charge is 2.15. The van der Waals surface area contributed by atoms with Crippen molar-refractivity contribution in [3.8, 4) is 34.4 Å². The normalized spacial score (nSPS) is 10.4. The van der Waals surface area contributed by atoms with Gasteiger partial charge in [0.15, 0.2) is 17.3 Å². The van der Waals surface area contributed by atoms with Gasteiger partial charge < -0.3 is 29.6 Å². The van der Waals surface area contributed by atoms with E-state index >= 15 is 0 Å². The molecule has 4 rings (SSSR count). The minimum absolute atomic E-state index is 0.347. The molecule has 0 saturated heterocycles. The third-order valence-electron chi connectivity index (χ3n) is 5.23. The zero-order valence-corrected chi connectivity index (χ0v) is 20.1. The molecule has 35 heavy (non-hydrogen) atoms. The number of nitrogens with one attached hydrogen (secondary N) is 2. The van der Waals surface area contributed by atoms with Crippen LogP contribution in [0.2, 0.25) is 0 Å². The van der Waals surface area contributed by atoms with Crippen molar-refractivity contribution in [2.75, 3.05) is 39.1 Å². The van der Waals surface area contributed by atoms with Gasteiger partial charge in [-0.2, -0.15) is 4.98 Å². The van der Waals surface area contributed by atoms with Crippen LogP contribution in [-0.2, 0) is 0 Å². The zero-order chi connectivity index (χ0) is 24.8. The Hall–Kier alpha value is -4.60.